The van der Waals surface area contributed by atoms with Gasteiger partial charge in [-0.2, -0.15) is 0 Å². The molecular weight excluding hydrogens is 306 g/mol. The van der Waals surface area contributed by atoms with Crippen LogP contribution in [0, 0.1) is 0 Å². The number of fused-ring (bicyclic) bond motifs is 1. The van der Waals surface area contributed by atoms with Crippen LogP contribution >= 0.6 is 0 Å². The summed E-state index contributed by atoms with van der Waals surface area (Å²) >= 11 is 0. The first-order valence-corrected chi connectivity index (χ1v) is 8.54. The van der Waals surface area contributed by atoms with Gasteiger partial charge in [-0.25, -0.2) is 4.79 Å². The Kier molecular flexibility index (Phi) is 4.25. The molecule has 1 aliphatic heterocycles. The standard InChI is InChI=1S/C18H25N3O3/c1-4-19-13-8-5-6-9-14(13)21(17(19)23)12-16(22)20-11-7-10-15(20)18(2,3)24/h5-6,8-9,15,24H,4,7,10-12H2,1-3H3. The van der Waals surface area contributed by atoms with Gasteiger partial charge in [-0.1, -0.05) is 12.1 Å². The molecule has 1 aromatic heterocycles. The van der Waals surface area contributed by atoms with Gasteiger partial charge in [-0.3, -0.25) is 13.9 Å². The van der Waals surface area contributed by atoms with E-state index in [9.17, 15) is 14.7 Å². The first kappa shape index (κ1) is 16.8. The van der Waals surface area contributed by atoms with Gasteiger partial charge in [0, 0.05) is 13.1 Å². The van der Waals surface area contributed by atoms with Crippen LogP contribution < -0.4 is 5.69 Å². The second kappa shape index (κ2) is 6.09. The third-order valence-electron chi connectivity index (χ3n) is 4.92. The number of carbonyl (C=O) groups is 1. The van der Waals surface area contributed by atoms with Crippen LogP contribution in [0.15, 0.2) is 29.1 Å². The number of likely N-dealkylation sites (tertiary alicyclic amines) is 1. The number of hydrogen-bond donors (Lipinski definition) is 1. The third-order valence-corrected chi connectivity index (χ3v) is 4.92. The topological polar surface area (TPSA) is 67.5 Å². The molecule has 1 fully saturated rings. The maximum absolute atomic E-state index is 12.8. The molecule has 2 aromatic rings. The summed E-state index contributed by atoms with van der Waals surface area (Å²) in [6, 6.07) is 7.34. The van der Waals surface area contributed by atoms with Gasteiger partial charge in [0.05, 0.1) is 22.7 Å². The Balaban J connectivity index is 1.94. The molecule has 130 valence electrons. The van der Waals surface area contributed by atoms with Crippen molar-refractivity contribution in [2.45, 2.75) is 58.3 Å². The van der Waals surface area contributed by atoms with Gasteiger partial charge in [0.15, 0.2) is 0 Å². The molecular formula is C18H25N3O3. The second-order valence-corrected chi connectivity index (χ2v) is 7.00. The summed E-state index contributed by atoms with van der Waals surface area (Å²) in [5.41, 5.74) is 0.523. The molecule has 1 amide bonds. The van der Waals surface area contributed by atoms with E-state index in [0.29, 0.717) is 13.1 Å². The number of para-hydroxylation sites is 2. The average Bonchev–Trinajstić information content (AvgIpc) is 3.11. The highest BCUT2D eigenvalue weighted by Gasteiger charge is 2.38. The van der Waals surface area contributed by atoms with Crippen LogP contribution in [0.25, 0.3) is 11.0 Å². The number of rotatable bonds is 4. The lowest BCUT2D eigenvalue weighted by molar-refractivity contribution is -0.137. The Hall–Kier alpha value is -2.08. The van der Waals surface area contributed by atoms with Crippen molar-refractivity contribution in [3.63, 3.8) is 0 Å². The zero-order chi connectivity index (χ0) is 17.5. The minimum atomic E-state index is -0.936. The van der Waals surface area contributed by atoms with Gasteiger partial charge in [-0.15, -0.1) is 0 Å². The van der Waals surface area contributed by atoms with Gasteiger partial charge in [0.1, 0.15) is 6.54 Å². The van der Waals surface area contributed by atoms with E-state index in [1.54, 1.807) is 27.9 Å². The monoisotopic (exact) mass is 331 g/mol. The molecule has 0 radical (unpaired) electrons. The van der Waals surface area contributed by atoms with Crippen molar-refractivity contribution in [3.8, 4) is 0 Å². The average molecular weight is 331 g/mol. The van der Waals surface area contributed by atoms with E-state index in [1.807, 2.05) is 31.2 Å². The Morgan fingerprint density at radius 3 is 2.46 bits per heavy atom. The second-order valence-electron chi connectivity index (χ2n) is 7.00. The quantitative estimate of drug-likeness (QED) is 0.925. The van der Waals surface area contributed by atoms with Crippen molar-refractivity contribution in [3.05, 3.63) is 34.7 Å². The third kappa shape index (κ3) is 2.75. The van der Waals surface area contributed by atoms with Crippen molar-refractivity contribution < 1.29 is 9.90 Å². The minimum Gasteiger partial charge on any atom is -0.388 e. The fourth-order valence-corrected chi connectivity index (χ4v) is 3.76. The van der Waals surface area contributed by atoms with E-state index < -0.39 is 5.60 Å². The molecule has 3 rings (SSSR count). The molecule has 6 heteroatoms. The molecule has 1 saturated heterocycles. The van der Waals surface area contributed by atoms with Crippen molar-refractivity contribution in [1.29, 1.82) is 0 Å². The summed E-state index contributed by atoms with van der Waals surface area (Å²) < 4.78 is 3.22. The number of aliphatic hydroxyl groups is 1. The van der Waals surface area contributed by atoms with Gasteiger partial charge >= 0.3 is 5.69 Å². The predicted molar refractivity (Wildman–Crippen MR) is 92.9 cm³/mol. The fraction of sp³-hybridized carbons (Fsp3) is 0.556. The Morgan fingerprint density at radius 1 is 1.25 bits per heavy atom. The van der Waals surface area contributed by atoms with Crippen LogP contribution in [0.1, 0.15) is 33.6 Å². The predicted octanol–water partition coefficient (Wildman–Crippen LogP) is 1.58. The Bertz CT molecular complexity index is 813. The number of amides is 1. The molecule has 1 aromatic carbocycles. The number of nitrogens with zero attached hydrogens (tertiary/aromatic N) is 3. The summed E-state index contributed by atoms with van der Waals surface area (Å²) in [7, 11) is 0. The highest BCUT2D eigenvalue weighted by atomic mass is 16.3. The summed E-state index contributed by atoms with van der Waals surface area (Å²) in [5, 5.41) is 10.3. The fourth-order valence-electron chi connectivity index (χ4n) is 3.76. The molecule has 0 bridgehead atoms. The molecule has 1 N–H and O–H groups in total. The van der Waals surface area contributed by atoms with Crippen LogP contribution in [-0.4, -0.2) is 43.2 Å². The normalized spacial score (nSPS) is 18.5. The number of carbonyl (C=O) groups excluding carboxylic acids is 1. The summed E-state index contributed by atoms with van der Waals surface area (Å²) in [6.45, 7) is 6.60. The summed E-state index contributed by atoms with van der Waals surface area (Å²) in [6.07, 6.45) is 1.67. The molecule has 0 aliphatic carbocycles. The van der Waals surface area contributed by atoms with Crippen molar-refractivity contribution in [1.82, 2.24) is 14.0 Å². The largest absolute Gasteiger partial charge is 0.388 e. The van der Waals surface area contributed by atoms with Crippen LogP contribution in [0.3, 0.4) is 0 Å². The molecule has 0 spiro atoms. The van der Waals surface area contributed by atoms with E-state index >= 15 is 0 Å². The minimum absolute atomic E-state index is 0.0128. The molecule has 0 saturated carbocycles. The Labute approximate surface area is 141 Å². The lowest BCUT2D eigenvalue weighted by Crippen LogP contribution is -2.49. The first-order valence-electron chi connectivity index (χ1n) is 8.54. The van der Waals surface area contributed by atoms with E-state index in [4.69, 9.17) is 0 Å². The lowest BCUT2D eigenvalue weighted by Gasteiger charge is -2.33. The van der Waals surface area contributed by atoms with E-state index in [1.165, 1.54) is 0 Å². The van der Waals surface area contributed by atoms with Crippen molar-refractivity contribution >= 4 is 16.9 Å². The number of aromatic nitrogens is 2. The van der Waals surface area contributed by atoms with Crippen LogP contribution in [0.2, 0.25) is 0 Å². The molecule has 24 heavy (non-hydrogen) atoms. The summed E-state index contributed by atoms with van der Waals surface area (Å²) in [5.74, 6) is -0.110. The van der Waals surface area contributed by atoms with Crippen molar-refractivity contribution in [2.75, 3.05) is 6.54 Å². The maximum atomic E-state index is 12.8. The van der Waals surface area contributed by atoms with Crippen LogP contribution in [0.4, 0.5) is 0 Å². The van der Waals surface area contributed by atoms with E-state index in [-0.39, 0.29) is 24.2 Å². The van der Waals surface area contributed by atoms with Gasteiger partial charge in [0.25, 0.3) is 0 Å². The zero-order valence-electron chi connectivity index (χ0n) is 14.5. The number of imidazole rings is 1. The highest BCUT2D eigenvalue weighted by molar-refractivity contribution is 5.81. The molecule has 6 nitrogen and oxygen atoms in total. The summed E-state index contributed by atoms with van der Waals surface area (Å²) in [4.78, 5) is 27.2. The number of benzene rings is 1. The van der Waals surface area contributed by atoms with Gasteiger partial charge in [0.2, 0.25) is 5.91 Å². The Morgan fingerprint density at radius 2 is 1.88 bits per heavy atom. The maximum Gasteiger partial charge on any atom is 0.329 e. The van der Waals surface area contributed by atoms with Gasteiger partial charge in [-0.05, 0) is 45.7 Å². The lowest BCUT2D eigenvalue weighted by atomic mass is 9.96. The molecule has 1 aliphatic rings. The molecule has 1 atom stereocenters. The van der Waals surface area contributed by atoms with E-state index in [2.05, 4.69) is 0 Å². The SMILES string of the molecule is CCn1c(=O)n(CC(=O)N2CCCC2C(C)(C)O)c2ccccc21. The number of aryl methyl sites for hydroxylation is 1. The van der Waals surface area contributed by atoms with Gasteiger partial charge < -0.3 is 10.0 Å². The van der Waals surface area contributed by atoms with Crippen LogP contribution in [-0.2, 0) is 17.9 Å². The smallest absolute Gasteiger partial charge is 0.329 e. The first-order chi connectivity index (χ1) is 11.3. The zero-order valence-corrected chi connectivity index (χ0v) is 14.5. The number of hydrogen-bond acceptors (Lipinski definition) is 3. The van der Waals surface area contributed by atoms with Crippen molar-refractivity contribution in [2.24, 2.45) is 0 Å². The van der Waals surface area contributed by atoms with E-state index in [0.717, 1.165) is 23.9 Å². The molecule has 1 unspecified atom stereocenters. The molecule has 2 heterocycles. The highest BCUT2D eigenvalue weighted by Crippen LogP contribution is 2.27. The van der Waals surface area contributed by atoms with Crippen LogP contribution in [0.5, 0.6) is 0 Å².